The lowest BCUT2D eigenvalue weighted by Gasteiger charge is -2.43. The molecule has 1 aliphatic carbocycles. The Morgan fingerprint density at radius 1 is 0.426 bits per heavy atom. The third kappa shape index (κ3) is 32.5. The van der Waals surface area contributed by atoms with Crippen LogP contribution in [0.5, 0.6) is 0 Å². The molecule has 4 atom stereocenters. The number of benzene rings is 1. The molecule has 4 unspecified atom stereocenters. The van der Waals surface area contributed by atoms with Gasteiger partial charge in [0.1, 0.15) is 0 Å². The van der Waals surface area contributed by atoms with E-state index < -0.39 is 0 Å². The van der Waals surface area contributed by atoms with E-state index in [4.69, 9.17) is 0 Å². The minimum atomic E-state index is 0.340. The molecule has 0 heterocycles. The van der Waals surface area contributed by atoms with E-state index in [0.29, 0.717) is 48.7 Å². The SMILES string of the molecule is CC(C(CCC(C)(C)C)CCC(C)(C)C)C(C)(C)C.CC(C)(C)CC1CCC(CC(C)(C)C)C(CC(C)(C)C)C1.CC(C)(C)Cc1ccc(CC(C)(C)C)c(CC(C)(C)C)c1. The number of hydrogen-bond donors (Lipinski definition) is 0. The molecule has 1 aromatic rings. The maximum atomic E-state index is 2.47. The Hall–Kier alpha value is -0.780. The van der Waals surface area contributed by atoms with Gasteiger partial charge in [-0.25, -0.2) is 0 Å². The normalized spacial score (nSPS) is 19.5. The van der Waals surface area contributed by atoms with Crippen molar-refractivity contribution in [1.82, 2.24) is 0 Å². The van der Waals surface area contributed by atoms with Crippen molar-refractivity contribution in [2.75, 3.05) is 0 Å². The van der Waals surface area contributed by atoms with Gasteiger partial charge in [-0.3, -0.25) is 0 Å². The molecule has 0 saturated heterocycles. The van der Waals surface area contributed by atoms with Crippen LogP contribution in [-0.2, 0) is 19.3 Å². The first-order valence-electron chi connectivity index (χ1n) is 25.8. The fourth-order valence-electron chi connectivity index (χ4n) is 10.0. The highest BCUT2D eigenvalue weighted by atomic mass is 14.4. The summed E-state index contributed by atoms with van der Waals surface area (Å²) in [5.74, 6) is 4.55. The van der Waals surface area contributed by atoms with E-state index in [0.717, 1.165) is 48.9 Å². The van der Waals surface area contributed by atoms with Gasteiger partial charge in [0.2, 0.25) is 0 Å². The topological polar surface area (TPSA) is 0 Å². The van der Waals surface area contributed by atoms with Crippen LogP contribution >= 0.6 is 0 Å². The predicted molar refractivity (Wildman–Crippen MR) is 282 cm³/mol. The lowest BCUT2D eigenvalue weighted by atomic mass is 9.63. The van der Waals surface area contributed by atoms with Gasteiger partial charge in [0, 0.05) is 0 Å². The molecule has 0 amide bonds. The molecular formula is C61H118. The van der Waals surface area contributed by atoms with E-state index in [1.165, 1.54) is 75.3 Å². The van der Waals surface area contributed by atoms with Gasteiger partial charge in [0.15, 0.2) is 0 Å². The average molecular weight is 852 g/mol. The van der Waals surface area contributed by atoms with Crippen LogP contribution in [0, 0.1) is 78.3 Å². The third-order valence-electron chi connectivity index (χ3n) is 12.9. The van der Waals surface area contributed by atoms with Crippen LogP contribution in [0.1, 0.15) is 275 Å². The number of rotatable bonds is 11. The summed E-state index contributed by atoms with van der Waals surface area (Å²) in [6, 6.07) is 7.20. The molecule has 1 saturated carbocycles. The van der Waals surface area contributed by atoms with E-state index >= 15 is 0 Å². The molecule has 0 aliphatic heterocycles. The summed E-state index contributed by atoms with van der Waals surface area (Å²) < 4.78 is 0. The van der Waals surface area contributed by atoms with Gasteiger partial charge in [-0.2, -0.15) is 0 Å². The van der Waals surface area contributed by atoms with Crippen LogP contribution in [0.25, 0.3) is 0 Å². The second-order valence-corrected chi connectivity index (χ2v) is 31.9. The zero-order chi connectivity index (χ0) is 48.4. The Bertz CT molecular complexity index is 1320. The van der Waals surface area contributed by atoms with Crippen LogP contribution in [0.15, 0.2) is 18.2 Å². The van der Waals surface area contributed by atoms with E-state index in [2.05, 4.69) is 212 Å². The van der Waals surface area contributed by atoms with Gasteiger partial charge in [-0.05, 0) is 172 Å². The summed E-state index contributed by atoms with van der Waals surface area (Å²) in [6.07, 6.45) is 17.6. The fourth-order valence-corrected chi connectivity index (χ4v) is 10.0. The highest BCUT2D eigenvalue weighted by Gasteiger charge is 2.36. The first kappa shape index (κ1) is 60.2. The molecule has 61 heavy (non-hydrogen) atoms. The van der Waals surface area contributed by atoms with Crippen molar-refractivity contribution in [1.29, 1.82) is 0 Å². The molecule has 1 aliphatic rings. The maximum absolute atomic E-state index is 2.47. The summed E-state index contributed by atoms with van der Waals surface area (Å²) in [6.45, 7) is 66.6. The molecule has 1 aromatic carbocycles. The van der Waals surface area contributed by atoms with Crippen LogP contribution in [0.2, 0.25) is 0 Å². The van der Waals surface area contributed by atoms with Crippen molar-refractivity contribution in [2.24, 2.45) is 78.3 Å². The van der Waals surface area contributed by atoms with E-state index in [1.54, 1.807) is 5.56 Å². The van der Waals surface area contributed by atoms with Gasteiger partial charge in [-0.1, -0.05) is 218 Å². The fraction of sp³-hybridized carbons (Fsp3) is 0.902. The minimum absolute atomic E-state index is 0.340. The molecule has 0 nitrogen and oxygen atoms in total. The van der Waals surface area contributed by atoms with Crippen LogP contribution in [0.3, 0.4) is 0 Å². The Kier molecular flexibility index (Phi) is 22.8. The number of hydrogen-bond acceptors (Lipinski definition) is 0. The molecular weight excluding hydrogens is 733 g/mol. The second kappa shape index (κ2) is 23.1. The molecule has 0 bridgehead atoms. The summed E-state index contributed by atoms with van der Waals surface area (Å²) >= 11 is 0. The van der Waals surface area contributed by atoms with Crippen molar-refractivity contribution < 1.29 is 0 Å². The van der Waals surface area contributed by atoms with Crippen molar-refractivity contribution in [2.45, 2.75) is 277 Å². The molecule has 0 aromatic heterocycles. The quantitative estimate of drug-likeness (QED) is 0.208. The lowest BCUT2D eigenvalue weighted by Crippen LogP contribution is -2.32. The molecule has 0 spiro atoms. The van der Waals surface area contributed by atoms with Gasteiger partial charge >= 0.3 is 0 Å². The van der Waals surface area contributed by atoms with Crippen LogP contribution in [-0.4, -0.2) is 0 Å². The third-order valence-corrected chi connectivity index (χ3v) is 12.9. The standard InChI is InChI=1S/C21H42.C21H36.C19H40/c2*1-19(2,3)13-16-10-11-17(14-20(4,5)6)18(12-16)15-21(7,8)9;1-15(19(8,9)10)16(11-13-17(2,3)4)12-14-18(5,6)7/h16-18H,10-15H2,1-9H3;10-12H,13-15H2,1-9H3;15-16H,11-14H2,1-10H3. The summed E-state index contributed by atoms with van der Waals surface area (Å²) in [5, 5.41) is 0. The van der Waals surface area contributed by atoms with Crippen molar-refractivity contribution in [3.8, 4) is 0 Å². The molecule has 0 radical (unpaired) electrons. The lowest BCUT2D eigenvalue weighted by molar-refractivity contribution is 0.0813. The first-order chi connectivity index (χ1) is 26.7. The van der Waals surface area contributed by atoms with E-state index in [1.807, 2.05) is 0 Å². The molecule has 0 N–H and O–H groups in total. The summed E-state index contributed by atoms with van der Waals surface area (Å²) in [4.78, 5) is 0. The molecule has 0 heteroatoms. The first-order valence-corrected chi connectivity index (χ1v) is 25.8. The monoisotopic (exact) mass is 851 g/mol. The highest BCUT2D eigenvalue weighted by molar-refractivity contribution is 5.34. The van der Waals surface area contributed by atoms with Crippen molar-refractivity contribution in [3.05, 3.63) is 34.9 Å². The van der Waals surface area contributed by atoms with Crippen LogP contribution < -0.4 is 0 Å². The van der Waals surface area contributed by atoms with Gasteiger partial charge in [0.05, 0.1) is 0 Å². The van der Waals surface area contributed by atoms with Crippen LogP contribution in [0.4, 0.5) is 0 Å². The van der Waals surface area contributed by atoms with Gasteiger partial charge < -0.3 is 0 Å². The van der Waals surface area contributed by atoms with Crippen molar-refractivity contribution in [3.63, 3.8) is 0 Å². The van der Waals surface area contributed by atoms with E-state index in [9.17, 15) is 0 Å². The van der Waals surface area contributed by atoms with Gasteiger partial charge in [-0.15, -0.1) is 0 Å². The van der Waals surface area contributed by atoms with E-state index in [-0.39, 0.29) is 0 Å². The Balaban J connectivity index is 0.000000887. The summed E-state index contributed by atoms with van der Waals surface area (Å²) in [7, 11) is 0. The Morgan fingerprint density at radius 3 is 1.18 bits per heavy atom. The predicted octanol–water partition coefficient (Wildman–Crippen LogP) is 20.7. The average Bonchev–Trinajstić information content (AvgIpc) is 2.94. The zero-order valence-corrected chi connectivity index (χ0v) is 47.8. The summed E-state index contributed by atoms with van der Waals surface area (Å²) in [5.41, 5.74) is 8.44. The largest absolute Gasteiger partial charge is 0.0617 e. The Labute approximate surface area is 389 Å². The molecule has 2 rings (SSSR count). The molecule has 1 fully saturated rings. The van der Waals surface area contributed by atoms with Crippen molar-refractivity contribution >= 4 is 0 Å². The minimum Gasteiger partial charge on any atom is -0.0617 e. The highest BCUT2D eigenvalue weighted by Crippen LogP contribution is 2.47. The molecule has 362 valence electrons. The maximum Gasteiger partial charge on any atom is -0.0227 e. The Morgan fingerprint density at radius 2 is 0.820 bits per heavy atom. The second-order valence-electron chi connectivity index (χ2n) is 31.9. The van der Waals surface area contributed by atoms with Gasteiger partial charge in [0.25, 0.3) is 0 Å². The smallest absolute Gasteiger partial charge is 0.0227 e. The zero-order valence-electron chi connectivity index (χ0n) is 47.8.